The van der Waals surface area contributed by atoms with Crippen molar-refractivity contribution >= 4 is 39.6 Å². The van der Waals surface area contributed by atoms with Crippen molar-refractivity contribution in [3.63, 3.8) is 0 Å². The van der Waals surface area contributed by atoms with Gasteiger partial charge in [0, 0.05) is 30.0 Å². The first kappa shape index (κ1) is 50.7. The predicted molar refractivity (Wildman–Crippen MR) is 158 cm³/mol. The Morgan fingerprint density at radius 1 is 0.754 bits per heavy atom. The van der Waals surface area contributed by atoms with E-state index in [-0.39, 0.29) is 23.6 Å². The molecule has 0 bridgehead atoms. The monoisotopic (exact) mass is 889 g/mol. The number of benzene rings is 1. The quantitative estimate of drug-likeness (QED) is 0.0651. The van der Waals surface area contributed by atoms with E-state index in [4.69, 9.17) is 9.47 Å². The highest BCUT2D eigenvalue weighted by Gasteiger charge is 2.96. The number of sulfonamides is 1. The zero-order chi connectivity index (χ0) is 45.2. The lowest BCUT2D eigenvalue weighted by atomic mass is 9.91. The fourth-order valence-electron chi connectivity index (χ4n) is 3.82. The first-order valence-electron chi connectivity index (χ1n) is 14.9. The van der Waals surface area contributed by atoms with Crippen LogP contribution in [0.25, 0.3) is 0 Å². The summed E-state index contributed by atoms with van der Waals surface area (Å²) >= 11 is 0. The van der Waals surface area contributed by atoms with E-state index in [1.807, 2.05) is 5.32 Å². The molecule has 29 heteroatoms. The molecule has 0 saturated heterocycles. The third-order valence-electron chi connectivity index (χ3n) is 7.11. The van der Waals surface area contributed by atoms with Crippen molar-refractivity contribution in [1.82, 2.24) is 4.31 Å². The molecule has 0 spiro atoms. The summed E-state index contributed by atoms with van der Waals surface area (Å²) in [7, 11) is -7.60. The molecule has 57 heavy (non-hydrogen) atoms. The largest absolute Gasteiger partial charge is 0.460 e. The smallest absolute Gasteiger partial charge is 0.458 e. The van der Waals surface area contributed by atoms with E-state index in [0.29, 0.717) is 12.5 Å². The van der Waals surface area contributed by atoms with Gasteiger partial charge in [-0.05, 0) is 38.5 Å². The second-order valence-corrected chi connectivity index (χ2v) is 13.4. The molecule has 0 saturated carbocycles. The number of halogens is 17. The number of aryl methyl sites for hydroxylation is 1. The number of nitrogens with one attached hydrogen (secondary N) is 2. The lowest BCUT2D eigenvalue weighted by Gasteiger charge is -2.43. The fourth-order valence-corrected chi connectivity index (χ4v) is 5.25. The van der Waals surface area contributed by atoms with Gasteiger partial charge in [0.05, 0.1) is 0 Å². The van der Waals surface area contributed by atoms with Crippen molar-refractivity contribution in [1.29, 1.82) is 0 Å². The first-order chi connectivity index (χ1) is 25.3. The van der Waals surface area contributed by atoms with Crippen molar-refractivity contribution in [3.05, 3.63) is 35.9 Å². The van der Waals surface area contributed by atoms with E-state index < -0.39 is 105 Å². The van der Waals surface area contributed by atoms with Crippen LogP contribution in [0.15, 0.2) is 30.4 Å². The van der Waals surface area contributed by atoms with Crippen molar-refractivity contribution in [2.24, 2.45) is 0 Å². The van der Waals surface area contributed by atoms with Crippen LogP contribution < -0.4 is 10.6 Å². The molecule has 0 aromatic heterocycles. The molecule has 0 heterocycles. The van der Waals surface area contributed by atoms with Gasteiger partial charge in [0.15, 0.2) is 0 Å². The molecule has 328 valence electrons. The van der Waals surface area contributed by atoms with Crippen LogP contribution in [0.3, 0.4) is 0 Å². The SMILES string of the molecule is C=C(C)C(=O)OCC(C)OC(=O)Nc1cc(NC(=O)OCCN(CC)S(=O)(=O)C(F)(F)C(F)(F)C(F)(F)C(F)(F)C(F)(F)C(F)(F)C(F)(F)C(F)(F)F)ccc1C. The highest BCUT2D eigenvalue weighted by molar-refractivity contribution is 7.90. The zero-order valence-electron chi connectivity index (χ0n) is 28.9. The van der Waals surface area contributed by atoms with Gasteiger partial charge in [-0.3, -0.25) is 10.6 Å². The number of rotatable bonds is 18. The number of carbonyl (C=O) groups excluding carboxylic acids is 3. The van der Waals surface area contributed by atoms with Gasteiger partial charge in [-0.1, -0.05) is 19.6 Å². The summed E-state index contributed by atoms with van der Waals surface area (Å²) in [6.45, 7) is 2.74. The Bertz CT molecular complexity index is 1770. The molecule has 1 unspecified atom stereocenters. The molecule has 1 atom stereocenters. The maximum absolute atomic E-state index is 14.6. The Kier molecular flexibility index (Phi) is 15.0. The third-order valence-corrected chi connectivity index (χ3v) is 9.14. The number of hydrogen-bond donors (Lipinski definition) is 2. The topological polar surface area (TPSA) is 140 Å². The minimum absolute atomic E-state index is 0.0492. The van der Waals surface area contributed by atoms with Crippen LogP contribution in [0.5, 0.6) is 0 Å². The first-order valence-corrected chi connectivity index (χ1v) is 16.3. The molecule has 1 rings (SSSR count). The van der Waals surface area contributed by atoms with Crippen LogP contribution in [-0.2, 0) is 29.0 Å². The average molecular weight is 890 g/mol. The molecule has 1 aromatic rings. The zero-order valence-corrected chi connectivity index (χ0v) is 29.7. The molecule has 0 aliphatic carbocycles. The molecule has 0 radical (unpaired) electrons. The van der Waals surface area contributed by atoms with Gasteiger partial charge in [-0.15, -0.1) is 0 Å². The van der Waals surface area contributed by atoms with Gasteiger partial charge in [-0.2, -0.15) is 78.9 Å². The van der Waals surface area contributed by atoms with Gasteiger partial charge in [-0.25, -0.2) is 22.8 Å². The Labute approximate surface area is 309 Å². The Hall–Kier alpha value is -4.31. The standard InChI is InChI=1S/C28H28F17N3O8S/c1-6-48(9-10-54-19(50)46-16-8-7-14(4)17(11-16)47-20(51)56-15(5)12-55-18(49)13(2)3)57(52,53)28(44,45)26(39,40)24(35,36)22(31,32)21(29,30)23(33,34)25(37,38)27(41,42)43/h7-8,11,15H,2,6,9-10,12H2,1,3-5H3,(H,46,50)(H,47,51). The normalized spacial score (nSPS) is 14.5. The fraction of sp³-hybridized carbons (Fsp3) is 0.607. The van der Waals surface area contributed by atoms with Crippen LogP contribution in [0.1, 0.15) is 26.3 Å². The summed E-state index contributed by atoms with van der Waals surface area (Å²) in [6, 6.07) is 3.43. The van der Waals surface area contributed by atoms with E-state index in [1.165, 1.54) is 26.8 Å². The van der Waals surface area contributed by atoms with Gasteiger partial charge in [0.25, 0.3) is 10.0 Å². The highest BCUT2D eigenvalue weighted by Crippen LogP contribution is 2.64. The third kappa shape index (κ3) is 9.54. The average Bonchev–Trinajstić information content (AvgIpc) is 3.05. The Morgan fingerprint density at radius 3 is 1.68 bits per heavy atom. The number of ether oxygens (including phenoxy) is 3. The van der Waals surface area contributed by atoms with E-state index >= 15 is 0 Å². The maximum atomic E-state index is 14.6. The lowest BCUT2D eigenvalue weighted by Crippen LogP contribution is -2.75. The van der Waals surface area contributed by atoms with Crippen molar-refractivity contribution in [3.8, 4) is 0 Å². The van der Waals surface area contributed by atoms with Crippen LogP contribution in [0, 0.1) is 6.92 Å². The summed E-state index contributed by atoms with van der Waals surface area (Å²) in [6.07, 6.45) is -11.7. The molecular formula is C28H28F17N3O8S. The van der Waals surface area contributed by atoms with Crippen LogP contribution in [0.2, 0.25) is 0 Å². The van der Waals surface area contributed by atoms with E-state index in [1.54, 1.807) is 0 Å². The van der Waals surface area contributed by atoms with Crippen LogP contribution in [0.4, 0.5) is 95.6 Å². The second kappa shape index (κ2) is 16.9. The van der Waals surface area contributed by atoms with Crippen molar-refractivity contribution in [2.75, 3.05) is 36.9 Å². The summed E-state index contributed by atoms with van der Waals surface area (Å²) in [5, 5.41) is -3.59. The minimum Gasteiger partial charge on any atom is -0.458 e. The Balaban J connectivity index is 3.18. The number of anilines is 2. The molecular weight excluding hydrogens is 861 g/mol. The lowest BCUT2D eigenvalue weighted by molar-refractivity contribution is -0.458. The van der Waals surface area contributed by atoms with E-state index in [0.717, 1.165) is 12.1 Å². The number of amides is 2. The molecule has 2 amide bonds. The predicted octanol–water partition coefficient (Wildman–Crippen LogP) is 8.22. The molecule has 11 nitrogen and oxygen atoms in total. The molecule has 1 aromatic carbocycles. The second-order valence-electron chi connectivity index (χ2n) is 11.5. The number of alkyl halides is 17. The van der Waals surface area contributed by atoms with Gasteiger partial charge in [0.1, 0.15) is 19.3 Å². The van der Waals surface area contributed by atoms with E-state index in [9.17, 15) is 97.4 Å². The van der Waals surface area contributed by atoms with Crippen molar-refractivity contribution < 1.29 is 112 Å². The molecule has 0 fully saturated rings. The van der Waals surface area contributed by atoms with Gasteiger partial charge >= 0.3 is 65.1 Å². The van der Waals surface area contributed by atoms with Crippen LogP contribution in [-0.4, -0.2) is 110 Å². The maximum Gasteiger partial charge on any atom is 0.460 e. The summed E-state index contributed by atoms with van der Waals surface area (Å²) in [5.41, 5.74) is 0.0456. The highest BCUT2D eigenvalue weighted by atomic mass is 32.2. The summed E-state index contributed by atoms with van der Waals surface area (Å²) in [4.78, 5) is 35.9. The molecule has 0 aliphatic rings. The number of likely N-dealkylation sites (N-methyl/N-ethyl adjacent to an activating group) is 1. The van der Waals surface area contributed by atoms with Crippen molar-refractivity contribution in [2.45, 2.75) is 80.8 Å². The summed E-state index contributed by atoms with van der Waals surface area (Å²) < 4.78 is 269. The molecule has 0 aliphatic heterocycles. The number of esters is 1. The van der Waals surface area contributed by atoms with Crippen LogP contribution >= 0.6 is 0 Å². The summed E-state index contributed by atoms with van der Waals surface area (Å²) in [5.74, 6) is -53.2. The Morgan fingerprint density at radius 2 is 1.23 bits per heavy atom. The van der Waals surface area contributed by atoms with E-state index in [2.05, 4.69) is 16.6 Å². The van der Waals surface area contributed by atoms with Gasteiger partial charge < -0.3 is 14.2 Å². The number of hydrogen-bond acceptors (Lipinski definition) is 8. The number of carbonyl (C=O) groups is 3. The molecule has 2 N–H and O–H groups in total. The minimum atomic E-state index is -8.98. The number of nitrogens with zero attached hydrogens (tertiary/aromatic N) is 1. The van der Waals surface area contributed by atoms with Gasteiger partial charge in [0.2, 0.25) is 0 Å².